The Balaban J connectivity index is 2.30. The van der Waals surface area contributed by atoms with E-state index in [0.29, 0.717) is 0 Å². The van der Waals surface area contributed by atoms with Crippen LogP contribution in [-0.4, -0.2) is 5.75 Å². The molecule has 9 heavy (non-hydrogen) atoms. The lowest BCUT2D eigenvalue weighted by molar-refractivity contribution is 1.47. The minimum absolute atomic E-state index is 1.19. The van der Waals surface area contributed by atoms with E-state index in [9.17, 15) is 0 Å². The number of hydrogen-bond donors (Lipinski definition) is 0. The summed E-state index contributed by atoms with van der Waals surface area (Å²) in [6.07, 6.45) is 0. The topological polar surface area (TPSA) is 0 Å². The van der Waals surface area contributed by atoms with Gasteiger partial charge in [0, 0.05) is 10.6 Å². The van der Waals surface area contributed by atoms with Crippen LogP contribution in [0.4, 0.5) is 0 Å². The summed E-state index contributed by atoms with van der Waals surface area (Å²) in [4.78, 5) is 1.49. The molecule has 50 valence electrons. The van der Waals surface area contributed by atoms with Crippen molar-refractivity contribution in [2.75, 3.05) is 5.75 Å². The van der Waals surface area contributed by atoms with Crippen LogP contribution in [-0.2, 0) is 5.75 Å². The van der Waals surface area contributed by atoms with E-state index in [1.165, 1.54) is 16.4 Å². The van der Waals surface area contributed by atoms with E-state index in [-0.39, 0.29) is 0 Å². The Kier molecular flexibility index (Phi) is 3.15. The third-order valence-corrected chi connectivity index (χ3v) is 3.01. The molecular weight excluding hydrogens is 148 g/mol. The molecule has 0 radical (unpaired) electrons. The second-order valence-electron chi connectivity index (χ2n) is 1.72. The van der Waals surface area contributed by atoms with E-state index in [2.05, 4.69) is 24.4 Å². The van der Waals surface area contributed by atoms with Crippen LogP contribution in [0.1, 0.15) is 11.8 Å². The molecule has 0 aliphatic rings. The van der Waals surface area contributed by atoms with Crippen molar-refractivity contribution >= 4 is 23.1 Å². The van der Waals surface area contributed by atoms with Gasteiger partial charge < -0.3 is 0 Å². The zero-order chi connectivity index (χ0) is 6.53. The van der Waals surface area contributed by atoms with Gasteiger partial charge in [-0.25, -0.2) is 0 Å². The third kappa shape index (κ3) is 2.41. The summed E-state index contributed by atoms with van der Waals surface area (Å²) in [7, 11) is 0. The largest absolute Gasteiger partial charge is 0.157 e. The summed E-state index contributed by atoms with van der Waals surface area (Å²) in [5.41, 5.74) is 0. The van der Waals surface area contributed by atoms with Gasteiger partial charge in [0.1, 0.15) is 0 Å². The van der Waals surface area contributed by atoms with E-state index in [1.54, 1.807) is 0 Å². The van der Waals surface area contributed by atoms with Crippen LogP contribution < -0.4 is 0 Å². The summed E-state index contributed by atoms with van der Waals surface area (Å²) in [6.45, 7) is 2.19. The highest BCUT2D eigenvalue weighted by Gasteiger charge is 1.89. The van der Waals surface area contributed by atoms with Gasteiger partial charge in [0.25, 0.3) is 0 Å². The van der Waals surface area contributed by atoms with Crippen LogP contribution >= 0.6 is 23.1 Å². The van der Waals surface area contributed by atoms with Crippen LogP contribution in [0.25, 0.3) is 0 Å². The Hall–Kier alpha value is 0.0500. The van der Waals surface area contributed by atoms with Gasteiger partial charge in [-0.05, 0) is 17.2 Å². The first kappa shape index (κ1) is 7.16. The fourth-order valence-corrected chi connectivity index (χ4v) is 2.11. The van der Waals surface area contributed by atoms with Gasteiger partial charge >= 0.3 is 0 Å². The molecule has 0 bridgehead atoms. The molecule has 0 saturated heterocycles. The molecule has 0 saturated carbocycles. The maximum absolute atomic E-state index is 2.19. The zero-order valence-corrected chi connectivity index (χ0v) is 7.10. The molecule has 0 spiro atoms. The van der Waals surface area contributed by atoms with E-state index in [4.69, 9.17) is 0 Å². The Morgan fingerprint density at radius 3 is 3.11 bits per heavy atom. The predicted octanol–water partition coefficient (Wildman–Crippen LogP) is 3.00. The summed E-state index contributed by atoms with van der Waals surface area (Å²) >= 11 is 3.82. The van der Waals surface area contributed by atoms with Crippen molar-refractivity contribution in [3.63, 3.8) is 0 Å². The summed E-state index contributed by atoms with van der Waals surface area (Å²) in [5, 5.41) is 2.13. The highest BCUT2D eigenvalue weighted by atomic mass is 32.2. The molecule has 0 aliphatic heterocycles. The van der Waals surface area contributed by atoms with Gasteiger partial charge in [-0.2, -0.15) is 11.8 Å². The minimum Gasteiger partial charge on any atom is -0.157 e. The fraction of sp³-hybridized carbons (Fsp3) is 0.429. The molecule has 0 amide bonds. The molecule has 1 heterocycles. The second kappa shape index (κ2) is 3.96. The first-order valence-corrected chi connectivity index (χ1v) is 5.07. The van der Waals surface area contributed by atoms with Gasteiger partial charge in [-0.15, -0.1) is 11.3 Å². The average Bonchev–Trinajstić information content (AvgIpc) is 2.34. The van der Waals surface area contributed by atoms with Gasteiger partial charge in [0.15, 0.2) is 0 Å². The highest BCUT2D eigenvalue weighted by molar-refractivity contribution is 7.98. The molecule has 1 rings (SSSR count). The molecule has 1 aromatic heterocycles. The second-order valence-corrected chi connectivity index (χ2v) is 4.02. The molecule has 0 aliphatic carbocycles. The monoisotopic (exact) mass is 158 g/mol. The van der Waals surface area contributed by atoms with Crippen molar-refractivity contribution in [2.24, 2.45) is 0 Å². The summed E-state index contributed by atoms with van der Waals surface area (Å²) in [5.74, 6) is 2.41. The quantitative estimate of drug-likeness (QED) is 0.651. The number of thioether (sulfide) groups is 1. The van der Waals surface area contributed by atoms with Crippen LogP contribution in [0.15, 0.2) is 17.5 Å². The Morgan fingerprint density at radius 2 is 2.56 bits per heavy atom. The number of hydrogen-bond acceptors (Lipinski definition) is 2. The van der Waals surface area contributed by atoms with E-state index in [1.807, 2.05) is 23.1 Å². The minimum atomic E-state index is 1.19. The highest BCUT2D eigenvalue weighted by Crippen LogP contribution is 2.15. The van der Waals surface area contributed by atoms with Crippen molar-refractivity contribution in [1.82, 2.24) is 0 Å². The number of thiophene rings is 1. The first-order valence-electron chi connectivity index (χ1n) is 3.03. The van der Waals surface area contributed by atoms with E-state index in [0.717, 1.165) is 0 Å². The maximum atomic E-state index is 2.19. The Bertz CT molecular complexity index is 144. The van der Waals surface area contributed by atoms with Crippen molar-refractivity contribution < 1.29 is 0 Å². The average molecular weight is 158 g/mol. The molecule has 2 heteroatoms. The SMILES string of the molecule is CCSCc1cccs1. The van der Waals surface area contributed by atoms with Crippen molar-refractivity contribution in [2.45, 2.75) is 12.7 Å². The standard InChI is InChI=1S/C7H10S2/c1-2-8-6-7-4-3-5-9-7/h3-5H,2,6H2,1H3. The fourth-order valence-electron chi connectivity index (χ4n) is 0.597. The van der Waals surface area contributed by atoms with Gasteiger partial charge in [-0.1, -0.05) is 13.0 Å². The molecule has 0 atom stereocenters. The summed E-state index contributed by atoms with van der Waals surface area (Å²) < 4.78 is 0. The smallest absolute Gasteiger partial charge is 0.0278 e. The van der Waals surface area contributed by atoms with E-state index >= 15 is 0 Å². The summed E-state index contributed by atoms with van der Waals surface area (Å²) in [6, 6.07) is 4.30. The Labute approximate surface area is 64.3 Å². The lowest BCUT2D eigenvalue weighted by Crippen LogP contribution is -1.71. The van der Waals surface area contributed by atoms with Crippen molar-refractivity contribution in [1.29, 1.82) is 0 Å². The van der Waals surface area contributed by atoms with Crippen LogP contribution in [0, 0.1) is 0 Å². The first-order chi connectivity index (χ1) is 4.43. The molecule has 0 nitrogen and oxygen atoms in total. The predicted molar refractivity (Wildman–Crippen MR) is 46.2 cm³/mol. The maximum Gasteiger partial charge on any atom is 0.0278 e. The van der Waals surface area contributed by atoms with E-state index < -0.39 is 0 Å². The molecular formula is C7H10S2. The van der Waals surface area contributed by atoms with Crippen LogP contribution in [0.3, 0.4) is 0 Å². The lowest BCUT2D eigenvalue weighted by atomic mass is 10.5. The molecule has 0 unspecified atom stereocenters. The van der Waals surface area contributed by atoms with Crippen LogP contribution in [0.5, 0.6) is 0 Å². The molecule has 0 fully saturated rings. The molecule has 0 aromatic carbocycles. The Morgan fingerprint density at radius 1 is 1.67 bits per heavy atom. The molecule has 0 N–H and O–H groups in total. The van der Waals surface area contributed by atoms with Crippen LogP contribution in [0.2, 0.25) is 0 Å². The van der Waals surface area contributed by atoms with Crippen molar-refractivity contribution in [3.8, 4) is 0 Å². The zero-order valence-electron chi connectivity index (χ0n) is 5.46. The van der Waals surface area contributed by atoms with Crippen molar-refractivity contribution in [3.05, 3.63) is 22.4 Å². The third-order valence-electron chi connectivity index (χ3n) is 1.03. The normalized spacial score (nSPS) is 9.89. The van der Waals surface area contributed by atoms with Gasteiger partial charge in [0.2, 0.25) is 0 Å². The number of rotatable bonds is 3. The molecule has 1 aromatic rings. The van der Waals surface area contributed by atoms with Gasteiger partial charge in [-0.3, -0.25) is 0 Å². The van der Waals surface area contributed by atoms with Gasteiger partial charge in [0.05, 0.1) is 0 Å². The lowest BCUT2D eigenvalue weighted by Gasteiger charge is -1.90.